The van der Waals surface area contributed by atoms with Crippen LogP contribution in [0.25, 0.3) is 0 Å². The van der Waals surface area contributed by atoms with E-state index in [2.05, 4.69) is 68.4 Å². The third-order valence-electron chi connectivity index (χ3n) is 2.07. The van der Waals surface area contributed by atoms with Crippen molar-refractivity contribution in [1.29, 1.82) is 0 Å². The van der Waals surface area contributed by atoms with E-state index in [-0.39, 0.29) is 4.21 Å². The monoisotopic (exact) mass is 551 g/mol. The number of hydrogen-bond acceptors (Lipinski definition) is 3. The average molecular weight is 555 g/mol. The first-order valence-electron chi connectivity index (χ1n) is 4.71. The SMILES string of the molecule is O=S(=O)(Nc1c(Br)cc(Br)cc1Br)c1sccc1Br. The van der Waals surface area contributed by atoms with Gasteiger partial charge in [-0.05, 0) is 71.4 Å². The van der Waals surface area contributed by atoms with Crippen molar-refractivity contribution in [3.63, 3.8) is 0 Å². The predicted molar refractivity (Wildman–Crippen MR) is 92.4 cm³/mol. The van der Waals surface area contributed by atoms with Crippen LogP contribution in [0.1, 0.15) is 0 Å². The molecular weight excluding hydrogens is 550 g/mol. The molecule has 0 radical (unpaired) electrons. The lowest BCUT2D eigenvalue weighted by atomic mass is 10.3. The average Bonchev–Trinajstić information content (AvgIpc) is 2.70. The van der Waals surface area contributed by atoms with Crippen molar-refractivity contribution in [2.45, 2.75) is 4.21 Å². The molecule has 0 amide bonds. The van der Waals surface area contributed by atoms with Crippen molar-refractivity contribution >= 4 is 90.8 Å². The molecule has 102 valence electrons. The molecule has 0 saturated carbocycles. The van der Waals surface area contributed by atoms with Crippen LogP contribution < -0.4 is 4.72 Å². The predicted octanol–water partition coefficient (Wildman–Crippen LogP) is 5.60. The largest absolute Gasteiger partial charge is 0.277 e. The van der Waals surface area contributed by atoms with Gasteiger partial charge in [0.1, 0.15) is 0 Å². The van der Waals surface area contributed by atoms with E-state index in [1.54, 1.807) is 23.6 Å². The lowest BCUT2D eigenvalue weighted by Gasteiger charge is -2.11. The van der Waals surface area contributed by atoms with Crippen molar-refractivity contribution in [2.75, 3.05) is 4.72 Å². The van der Waals surface area contributed by atoms with E-state index in [9.17, 15) is 8.42 Å². The van der Waals surface area contributed by atoms with E-state index in [1.807, 2.05) is 0 Å². The number of hydrogen-bond donors (Lipinski definition) is 1. The van der Waals surface area contributed by atoms with Crippen LogP contribution >= 0.6 is 75.1 Å². The van der Waals surface area contributed by atoms with Gasteiger partial charge in [0, 0.05) is 17.9 Å². The first-order valence-corrected chi connectivity index (χ1v) is 10.2. The Kier molecular flexibility index (Phi) is 5.17. The van der Waals surface area contributed by atoms with Crippen molar-refractivity contribution in [2.24, 2.45) is 0 Å². The van der Waals surface area contributed by atoms with Crippen LogP contribution in [0.15, 0.2) is 45.7 Å². The van der Waals surface area contributed by atoms with Crippen LogP contribution in [-0.2, 0) is 10.0 Å². The standard InChI is InChI=1S/C10H5Br4NO2S2/c11-5-3-7(13)9(8(14)4-5)15-19(16,17)10-6(12)1-2-18-10/h1-4,15H. The highest BCUT2D eigenvalue weighted by molar-refractivity contribution is 9.11. The molecule has 0 aliphatic heterocycles. The maximum Gasteiger partial charge on any atom is 0.272 e. The number of sulfonamides is 1. The molecule has 1 aromatic carbocycles. The van der Waals surface area contributed by atoms with Gasteiger partial charge >= 0.3 is 0 Å². The zero-order chi connectivity index (χ0) is 14.2. The van der Waals surface area contributed by atoms with Gasteiger partial charge in [-0.2, -0.15) is 0 Å². The summed E-state index contributed by atoms with van der Waals surface area (Å²) in [4.78, 5) is 0. The molecule has 0 spiro atoms. The Morgan fingerprint density at radius 3 is 2.05 bits per heavy atom. The fraction of sp³-hybridized carbons (Fsp3) is 0. The fourth-order valence-corrected chi connectivity index (χ4v) is 7.45. The number of halogens is 4. The molecule has 0 atom stereocenters. The Hall–Kier alpha value is 0.590. The molecule has 1 heterocycles. The van der Waals surface area contributed by atoms with E-state index in [4.69, 9.17) is 0 Å². The molecule has 0 saturated heterocycles. The van der Waals surface area contributed by atoms with Crippen molar-refractivity contribution in [3.8, 4) is 0 Å². The van der Waals surface area contributed by atoms with Crippen LogP contribution in [0.3, 0.4) is 0 Å². The van der Waals surface area contributed by atoms with Crippen LogP contribution in [-0.4, -0.2) is 8.42 Å². The molecule has 9 heteroatoms. The van der Waals surface area contributed by atoms with Crippen molar-refractivity contribution in [1.82, 2.24) is 0 Å². The molecule has 1 N–H and O–H groups in total. The molecule has 0 bridgehead atoms. The quantitative estimate of drug-likeness (QED) is 0.537. The Bertz CT molecular complexity index is 704. The third-order valence-corrected chi connectivity index (χ3v) is 7.80. The van der Waals surface area contributed by atoms with E-state index in [1.165, 1.54) is 0 Å². The summed E-state index contributed by atoms with van der Waals surface area (Å²) in [7, 11) is -3.61. The van der Waals surface area contributed by atoms with Gasteiger partial charge in [-0.1, -0.05) is 15.9 Å². The molecule has 0 aliphatic rings. The zero-order valence-electron chi connectivity index (χ0n) is 8.95. The van der Waals surface area contributed by atoms with Gasteiger partial charge in [0.15, 0.2) is 4.21 Å². The minimum absolute atomic E-state index is 0.245. The molecule has 0 unspecified atom stereocenters. The molecule has 0 fully saturated rings. The summed E-state index contributed by atoms with van der Waals surface area (Å²) in [5.41, 5.74) is 0.462. The van der Waals surface area contributed by atoms with Gasteiger partial charge < -0.3 is 0 Å². The first-order chi connectivity index (χ1) is 8.81. The Morgan fingerprint density at radius 2 is 1.58 bits per heavy atom. The maximum atomic E-state index is 12.3. The summed E-state index contributed by atoms with van der Waals surface area (Å²) in [5, 5.41) is 1.71. The van der Waals surface area contributed by atoms with Crippen LogP contribution in [0.5, 0.6) is 0 Å². The second-order valence-electron chi connectivity index (χ2n) is 3.41. The van der Waals surface area contributed by atoms with E-state index < -0.39 is 10.0 Å². The fourth-order valence-electron chi connectivity index (χ4n) is 1.29. The molecule has 2 aromatic rings. The van der Waals surface area contributed by atoms with E-state index in [0.717, 1.165) is 15.8 Å². The highest BCUT2D eigenvalue weighted by Crippen LogP contribution is 2.37. The number of nitrogens with one attached hydrogen (secondary N) is 1. The van der Waals surface area contributed by atoms with Gasteiger partial charge in [-0.25, -0.2) is 8.42 Å². The number of anilines is 1. The van der Waals surface area contributed by atoms with Gasteiger partial charge in [0.05, 0.1) is 5.69 Å². The highest BCUT2D eigenvalue weighted by atomic mass is 79.9. The molecular formula is C10H5Br4NO2S2. The third kappa shape index (κ3) is 3.62. The van der Waals surface area contributed by atoms with Crippen LogP contribution in [0, 0.1) is 0 Å². The summed E-state index contributed by atoms with van der Waals surface area (Å²) >= 11 is 14.4. The van der Waals surface area contributed by atoms with Crippen LogP contribution in [0.4, 0.5) is 5.69 Å². The minimum Gasteiger partial charge on any atom is -0.277 e. The summed E-state index contributed by atoms with van der Waals surface area (Å²) in [6, 6.07) is 5.24. The topological polar surface area (TPSA) is 46.2 Å². The van der Waals surface area contributed by atoms with Crippen molar-refractivity contribution < 1.29 is 8.42 Å². The van der Waals surface area contributed by atoms with Gasteiger partial charge in [0.2, 0.25) is 0 Å². The zero-order valence-corrected chi connectivity index (χ0v) is 16.9. The summed E-state index contributed by atoms with van der Waals surface area (Å²) in [6.45, 7) is 0. The maximum absolute atomic E-state index is 12.3. The Balaban J connectivity index is 2.45. The number of thiophene rings is 1. The van der Waals surface area contributed by atoms with Gasteiger partial charge in [0.25, 0.3) is 10.0 Å². The Labute approximate surface area is 148 Å². The molecule has 19 heavy (non-hydrogen) atoms. The molecule has 0 aliphatic carbocycles. The van der Waals surface area contributed by atoms with Crippen LogP contribution in [0.2, 0.25) is 0 Å². The molecule has 1 aromatic heterocycles. The highest BCUT2D eigenvalue weighted by Gasteiger charge is 2.21. The number of benzene rings is 1. The van der Waals surface area contributed by atoms with E-state index in [0.29, 0.717) is 19.1 Å². The van der Waals surface area contributed by atoms with Crippen molar-refractivity contribution in [3.05, 3.63) is 41.5 Å². The van der Waals surface area contributed by atoms with Gasteiger partial charge in [-0.3, -0.25) is 4.72 Å². The Morgan fingerprint density at radius 1 is 1.00 bits per heavy atom. The molecule has 3 nitrogen and oxygen atoms in total. The molecule has 2 rings (SSSR count). The summed E-state index contributed by atoms with van der Waals surface area (Å²) in [5.74, 6) is 0. The first kappa shape index (κ1) is 16.0. The second kappa shape index (κ2) is 6.15. The second-order valence-corrected chi connectivity index (χ2v) is 9.68. The summed E-state index contributed by atoms with van der Waals surface area (Å²) in [6.07, 6.45) is 0. The van der Waals surface area contributed by atoms with E-state index >= 15 is 0 Å². The lowest BCUT2D eigenvalue weighted by molar-refractivity contribution is 0.602. The lowest BCUT2D eigenvalue weighted by Crippen LogP contribution is -2.12. The normalized spacial score (nSPS) is 11.6. The smallest absolute Gasteiger partial charge is 0.272 e. The number of rotatable bonds is 3. The minimum atomic E-state index is -3.61. The summed E-state index contributed by atoms with van der Waals surface area (Å²) < 4.78 is 30.1. The van der Waals surface area contributed by atoms with Gasteiger partial charge in [-0.15, -0.1) is 11.3 Å².